The lowest BCUT2D eigenvalue weighted by molar-refractivity contribution is 0.101. The molecule has 0 bridgehead atoms. The van der Waals surface area contributed by atoms with E-state index < -0.39 is 5.91 Å². The summed E-state index contributed by atoms with van der Waals surface area (Å²) in [7, 11) is 0. The summed E-state index contributed by atoms with van der Waals surface area (Å²) in [6, 6.07) is 14.4. The number of benzene rings is 2. The van der Waals surface area contributed by atoms with Gasteiger partial charge < -0.3 is 5.11 Å². The highest BCUT2D eigenvalue weighted by Gasteiger charge is 2.17. The summed E-state index contributed by atoms with van der Waals surface area (Å²) in [5, 5.41) is 10.9. The topological polar surface area (TPSA) is 66.6 Å². The minimum atomic E-state index is -0.461. The monoisotopic (exact) mass is 413 g/mol. The predicted molar refractivity (Wildman–Crippen MR) is 112 cm³/mol. The lowest BCUT2D eigenvalue weighted by Crippen LogP contribution is -2.22. The number of thiazole rings is 1. The van der Waals surface area contributed by atoms with Crippen molar-refractivity contribution in [2.75, 3.05) is 5.43 Å². The molecule has 0 saturated carbocycles. The third kappa shape index (κ3) is 3.32. The van der Waals surface area contributed by atoms with E-state index in [2.05, 4.69) is 10.4 Å². The summed E-state index contributed by atoms with van der Waals surface area (Å²) in [4.78, 5) is 17.3. The Kier molecular flexibility index (Phi) is 4.65. The second-order valence-electron chi connectivity index (χ2n) is 5.69. The third-order valence-electron chi connectivity index (χ3n) is 3.99. The van der Waals surface area contributed by atoms with Crippen LogP contribution in [0.15, 0.2) is 53.5 Å². The standard InChI is InChI=1S/C19H12ClN3O2S2/c20-14-7-3-1-6-13(14)17(24)22-23-18(25)16(27-19(23)26)9-11-10-21-15-8-4-2-5-12(11)15/h1-10,25H,(H,22,24). The number of carbonyl (C=O) groups excluding carboxylic acids is 1. The molecule has 0 unspecified atom stereocenters. The van der Waals surface area contributed by atoms with Crippen LogP contribution in [0.4, 0.5) is 5.69 Å². The first kappa shape index (κ1) is 17.7. The molecule has 0 radical (unpaired) electrons. The van der Waals surface area contributed by atoms with Gasteiger partial charge in [-0.1, -0.05) is 53.3 Å². The smallest absolute Gasteiger partial charge is 0.271 e. The minimum Gasteiger partial charge on any atom is -0.492 e. The van der Waals surface area contributed by atoms with E-state index in [1.165, 1.54) is 16.0 Å². The average molecular weight is 414 g/mol. The first-order valence-corrected chi connectivity index (χ1v) is 9.51. The number of aromatic nitrogens is 1. The maximum Gasteiger partial charge on any atom is 0.271 e. The normalized spacial score (nSPS) is 13.7. The number of hydrogen-bond donors (Lipinski definition) is 2. The van der Waals surface area contributed by atoms with Crippen molar-refractivity contribution in [3.8, 4) is 5.88 Å². The number of nitrogens with zero attached hydrogens (tertiary/aromatic N) is 2. The van der Waals surface area contributed by atoms with Crippen LogP contribution in [-0.4, -0.2) is 21.9 Å². The van der Waals surface area contributed by atoms with Crippen LogP contribution in [-0.2, 0) is 0 Å². The molecule has 1 aliphatic heterocycles. The van der Waals surface area contributed by atoms with Crippen molar-refractivity contribution in [1.29, 1.82) is 0 Å². The number of halogens is 1. The second kappa shape index (κ2) is 7.11. The van der Waals surface area contributed by atoms with E-state index in [0.29, 0.717) is 19.4 Å². The maximum atomic E-state index is 12.5. The number of allylic oxidation sites excluding steroid dienone is 1. The number of fused-ring (bicyclic) bond motifs is 1. The Morgan fingerprint density at radius 2 is 1.96 bits per heavy atom. The summed E-state index contributed by atoms with van der Waals surface area (Å²) < 4.78 is 1.48. The van der Waals surface area contributed by atoms with E-state index in [4.69, 9.17) is 23.8 Å². The van der Waals surface area contributed by atoms with E-state index in [1.54, 1.807) is 36.6 Å². The zero-order chi connectivity index (χ0) is 19.0. The van der Waals surface area contributed by atoms with E-state index in [1.807, 2.05) is 24.3 Å². The van der Waals surface area contributed by atoms with Crippen LogP contribution in [0.2, 0.25) is 5.02 Å². The number of para-hydroxylation sites is 1. The van der Waals surface area contributed by atoms with Gasteiger partial charge in [0, 0.05) is 17.4 Å². The molecule has 8 heteroatoms. The molecule has 0 spiro atoms. The predicted octanol–water partition coefficient (Wildman–Crippen LogP) is 5.28. The number of hydrogen-bond acceptors (Lipinski definition) is 5. The van der Waals surface area contributed by atoms with Crippen molar-refractivity contribution in [3.63, 3.8) is 0 Å². The number of amides is 1. The zero-order valence-corrected chi connectivity index (χ0v) is 16.1. The second-order valence-corrected chi connectivity index (χ2v) is 7.77. The third-order valence-corrected chi connectivity index (χ3v) is 5.63. The van der Waals surface area contributed by atoms with Gasteiger partial charge in [-0.2, -0.15) is 4.68 Å². The minimum absolute atomic E-state index is 0.143. The van der Waals surface area contributed by atoms with Crippen molar-refractivity contribution < 1.29 is 9.90 Å². The van der Waals surface area contributed by atoms with Crippen LogP contribution in [0.5, 0.6) is 5.88 Å². The number of aromatic hydroxyl groups is 1. The molecule has 1 aromatic heterocycles. The molecule has 0 fully saturated rings. The molecular formula is C19H12ClN3O2S2. The first-order valence-electron chi connectivity index (χ1n) is 7.90. The van der Waals surface area contributed by atoms with Gasteiger partial charge in [0.1, 0.15) is 0 Å². The van der Waals surface area contributed by atoms with Crippen molar-refractivity contribution in [2.24, 2.45) is 4.99 Å². The first-order chi connectivity index (χ1) is 13.0. The van der Waals surface area contributed by atoms with Gasteiger partial charge in [-0.3, -0.25) is 15.2 Å². The average Bonchev–Trinajstić information content (AvgIpc) is 3.19. The highest BCUT2D eigenvalue weighted by molar-refractivity contribution is 7.73. The number of carbonyl (C=O) groups is 1. The van der Waals surface area contributed by atoms with Crippen LogP contribution in [0.25, 0.3) is 11.6 Å². The van der Waals surface area contributed by atoms with E-state index in [9.17, 15) is 9.90 Å². The molecule has 0 saturated heterocycles. The Hall–Kier alpha value is -2.74. The lowest BCUT2D eigenvalue weighted by Gasteiger charge is -2.08. The Labute approximate surface area is 168 Å². The van der Waals surface area contributed by atoms with Crippen molar-refractivity contribution in [2.45, 2.75) is 0 Å². The van der Waals surface area contributed by atoms with Gasteiger partial charge in [0.15, 0.2) is 3.95 Å². The van der Waals surface area contributed by atoms with E-state index in [-0.39, 0.29) is 5.88 Å². The van der Waals surface area contributed by atoms with Crippen molar-refractivity contribution in [3.05, 3.63) is 73.5 Å². The molecule has 27 heavy (non-hydrogen) atoms. The van der Waals surface area contributed by atoms with Crippen LogP contribution < -0.4 is 5.43 Å². The molecule has 0 atom stereocenters. The Balaban J connectivity index is 1.67. The Morgan fingerprint density at radius 3 is 2.78 bits per heavy atom. The lowest BCUT2D eigenvalue weighted by atomic mass is 10.1. The van der Waals surface area contributed by atoms with E-state index in [0.717, 1.165) is 16.8 Å². The molecule has 1 amide bonds. The Bertz CT molecular complexity index is 1180. The molecule has 3 aromatic rings. The van der Waals surface area contributed by atoms with Gasteiger partial charge >= 0.3 is 0 Å². The van der Waals surface area contributed by atoms with Gasteiger partial charge in [-0.25, -0.2) is 0 Å². The van der Waals surface area contributed by atoms with Crippen LogP contribution >= 0.6 is 35.2 Å². The molecule has 0 aliphatic carbocycles. The summed E-state index contributed by atoms with van der Waals surface area (Å²) in [6.45, 7) is 0. The number of nitrogens with one attached hydrogen (secondary N) is 1. The highest BCUT2D eigenvalue weighted by Crippen LogP contribution is 2.35. The largest absolute Gasteiger partial charge is 0.492 e. The SMILES string of the molecule is O=C(Nn1c(O)c(C=C2C=Nc3ccccc32)sc1=S)c1ccccc1Cl. The number of aliphatic imine (C=N–C) groups is 1. The van der Waals surface area contributed by atoms with Crippen LogP contribution in [0.3, 0.4) is 0 Å². The van der Waals surface area contributed by atoms with Gasteiger partial charge in [-0.15, -0.1) is 0 Å². The molecule has 2 N–H and O–H groups in total. The quantitative estimate of drug-likeness (QED) is 0.574. The van der Waals surface area contributed by atoms with Gasteiger partial charge in [0.05, 0.1) is 21.2 Å². The molecule has 5 nitrogen and oxygen atoms in total. The van der Waals surface area contributed by atoms with Gasteiger partial charge in [0.2, 0.25) is 5.88 Å². The van der Waals surface area contributed by atoms with Crippen molar-refractivity contribution >= 4 is 64.6 Å². The summed E-state index contributed by atoms with van der Waals surface area (Å²) in [5.41, 5.74) is 5.59. The maximum absolute atomic E-state index is 12.5. The zero-order valence-electron chi connectivity index (χ0n) is 13.7. The van der Waals surface area contributed by atoms with E-state index >= 15 is 0 Å². The summed E-state index contributed by atoms with van der Waals surface area (Å²) in [5.74, 6) is -0.604. The fourth-order valence-corrected chi connectivity index (χ4v) is 4.08. The van der Waals surface area contributed by atoms with Gasteiger partial charge in [0.25, 0.3) is 5.91 Å². The molecule has 134 valence electrons. The fourth-order valence-electron chi connectivity index (χ4n) is 2.68. The molecule has 4 rings (SSSR count). The molecule has 1 aliphatic rings. The van der Waals surface area contributed by atoms with Gasteiger partial charge in [-0.05, 0) is 36.5 Å². The molecule has 2 heterocycles. The highest BCUT2D eigenvalue weighted by atomic mass is 35.5. The van der Waals surface area contributed by atoms with Crippen LogP contribution in [0, 0.1) is 3.95 Å². The Morgan fingerprint density at radius 1 is 1.22 bits per heavy atom. The molecular weight excluding hydrogens is 402 g/mol. The fraction of sp³-hybridized carbons (Fsp3) is 0. The number of rotatable bonds is 3. The van der Waals surface area contributed by atoms with Crippen LogP contribution in [0.1, 0.15) is 20.8 Å². The van der Waals surface area contributed by atoms with Crippen molar-refractivity contribution in [1.82, 2.24) is 4.68 Å². The molecule has 2 aromatic carbocycles. The summed E-state index contributed by atoms with van der Waals surface area (Å²) >= 11 is 12.5. The summed E-state index contributed by atoms with van der Waals surface area (Å²) in [6.07, 6.45) is 3.53.